The van der Waals surface area contributed by atoms with E-state index in [1.54, 1.807) is 23.3 Å². The number of hydrogen-bond donors (Lipinski definition) is 1. The molecule has 0 unspecified atom stereocenters. The van der Waals surface area contributed by atoms with Crippen LogP contribution in [0.5, 0.6) is 0 Å². The van der Waals surface area contributed by atoms with Gasteiger partial charge in [0.1, 0.15) is 23.7 Å². The van der Waals surface area contributed by atoms with E-state index in [1.807, 2.05) is 30.3 Å². The molecule has 0 bridgehead atoms. The molecule has 5 aromatic rings. The highest BCUT2D eigenvalue weighted by atomic mass is 19.1. The maximum absolute atomic E-state index is 14.5. The molecule has 4 heterocycles. The number of morpholine rings is 1. The zero-order valence-electron chi connectivity index (χ0n) is 20.1. The first-order valence-electron chi connectivity index (χ1n) is 12.0. The number of nitrogens with zero attached hydrogens (tertiary/aromatic N) is 7. The topological polar surface area (TPSA) is 93.9 Å². The van der Waals surface area contributed by atoms with Gasteiger partial charge in [0.25, 0.3) is 0 Å². The molecule has 9 nitrogen and oxygen atoms in total. The summed E-state index contributed by atoms with van der Waals surface area (Å²) >= 11 is 0. The Balaban J connectivity index is 1.18. The summed E-state index contributed by atoms with van der Waals surface area (Å²) in [6, 6.07) is 16.6. The monoisotopic (exact) mass is 512 g/mol. The van der Waals surface area contributed by atoms with Crippen LogP contribution in [-0.2, 0) is 4.74 Å². The van der Waals surface area contributed by atoms with Gasteiger partial charge in [0.05, 0.1) is 24.6 Å². The molecule has 1 saturated heterocycles. The van der Waals surface area contributed by atoms with Gasteiger partial charge in [0, 0.05) is 48.5 Å². The van der Waals surface area contributed by atoms with E-state index in [4.69, 9.17) is 4.74 Å². The van der Waals surface area contributed by atoms with E-state index >= 15 is 0 Å². The van der Waals surface area contributed by atoms with Crippen LogP contribution >= 0.6 is 0 Å². The first kappa shape index (κ1) is 23.6. The number of halogens is 2. The van der Waals surface area contributed by atoms with Crippen LogP contribution in [0.3, 0.4) is 0 Å². The molecule has 190 valence electrons. The summed E-state index contributed by atoms with van der Waals surface area (Å²) in [7, 11) is 0. The molecule has 6 rings (SSSR count). The number of benzene rings is 2. The average molecular weight is 513 g/mol. The Labute approximate surface area is 216 Å². The fourth-order valence-electron chi connectivity index (χ4n) is 4.16. The van der Waals surface area contributed by atoms with Gasteiger partial charge >= 0.3 is 0 Å². The molecule has 0 amide bonds. The number of anilines is 3. The normalized spacial score (nSPS) is 13.5. The van der Waals surface area contributed by atoms with Crippen LogP contribution in [0.4, 0.5) is 26.1 Å². The summed E-state index contributed by atoms with van der Waals surface area (Å²) in [5, 5.41) is 7.57. The zero-order valence-corrected chi connectivity index (χ0v) is 20.1. The Morgan fingerprint density at radius 2 is 1.58 bits per heavy atom. The maximum Gasteiger partial charge on any atom is 0.227 e. The van der Waals surface area contributed by atoms with Crippen LogP contribution in [-0.4, -0.2) is 56.0 Å². The van der Waals surface area contributed by atoms with Gasteiger partial charge in [-0.2, -0.15) is 0 Å². The van der Waals surface area contributed by atoms with Crippen molar-refractivity contribution < 1.29 is 13.5 Å². The van der Waals surface area contributed by atoms with Crippen molar-refractivity contribution in [1.29, 1.82) is 0 Å². The smallest absolute Gasteiger partial charge is 0.227 e. The highest BCUT2D eigenvalue weighted by Gasteiger charge is 2.14. The van der Waals surface area contributed by atoms with Crippen molar-refractivity contribution in [2.75, 3.05) is 36.5 Å². The quantitative estimate of drug-likeness (QED) is 0.352. The van der Waals surface area contributed by atoms with E-state index in [0.717, 1.165) is 17.1 Å². The highest BCUT2D eigenvalue weighted by Crippen LogP contribution is 2.27. The Morgan fingerprint density at radius 1 is 0.763 bits per heavy atom. The summed E-state index contributed by atoms with van der Waals surface area (Å²) in [4.78, 5) is 19.3. The largest absolute Gasteiger partial charge is 0.378 e. The lowest BCUT2D eigenvalue weighted by Crippen LogP contribution is -2.36. The van der Waals surface area contributed by atoms with Crippen LogP contribution in [0.1, 0.15) is 0 Å². The van der Waals surface area contributed by atoms with Crippen LogP contribution in [0.25, 0.3) is 28.5 Å². The van der Waals surface area contributed by atoms with Gasteiger partial charge in [-0.1, -0.05) is 0 Å². The van der Waals surface area contributed by atoms with Gasteiger partial charge in [0.2, 0.25) is 5.95 Å². The minimum absolute atomic E-state index is 0.322. The lowest BCUT2D eigenvalue weighted by molar-refractivity contribution is 0.122. The zero-order chi connectivity index (χ0) is 25.9. The van der Waals surface area contributed by atoms with Gasteiger partial charge < -0.3 is 15.0 Å². The minimum Gasteiger partial charge on any atom is -0.378 e. The first-order valence-corrected chi connectivity index (χ1v) is 12.0. The minimum atomic E-state index is -0.400. The van der Waals surface area contributed by atoms with Crippen molar-refractivity contribution in [3.8, 4) is 28.5 Å². The maximum atomic E-state index is 14.5. The second-order valence-corrected chi connectivity index (χ2v) is 8.61. The van der Waals surface area contributed by atoms with Gasteiger partial charge in [0.15, 0.2) is 5.82 Å². The lowest BCUT2D eigenvalue weighted by Gasteiger charge is -2.29. The molecular weight excluding hydrogens is 490 g/mol. The van der Waals surface area contributed by atoms with Crippen molar-refractivity contribution in [3.63, 3.8) is 0 Å². The van der Waals surface area contributed by atoms with Gasteiger partial charge in [-0.05, 0) is 54.6 Å². The predicted octanol–water partition coefficient (Wildman–Crippen LogP) is 4.64. The third-order valence-corrected chi connectivity index (χ3v) is 6.04. The van der Waals surface area contributed by atoms with Crippen LogP contribution in [0.15, 0.2) is 79.4 Å². The Kier molecular flexibility index (Phi) is 6.40. The highest BCUT2D eigenvalue weighted by molar-refractivity contribution is 5.67. The Bertz CT molecular complexity index is 1570. The molecule has 3 aromatic heterocycles. The molecule has 0 atom stereocenters. The van der Waals surface area contributed by atoms with E-state index in [-0.39, 0.29) is 5.82 Å². The van der Waals surface area contributed by atoms with Crippen molar-refractivity contribution in [2.24, 2.45) is 0 Å². The van der Waals surface area contributed by atoms with E-state index in [2.05, 4.69) is 35.3 Å². The first-order chi connectivity index (χ1) is 18.6. The molecule has 1 aliphatic rings. The lowest BCUT2D eigenvalue weighted by atomic mass is 10.1. The molecular formula is C27H22F2N8O. The third-order valence-electron chi connectivity index (χ3n) is 6.04. The molecule has 1 aliphatic heterocycles. The van der Waals surface area contributed by atoms with Crippen LogP contribution < -0.4 is 10.2 Å². The molecule has 0 radical (unpaired) electrons. The fourth-order valence-corrected chi connectivity index (χ4v) is 4.16. The number of aromatic nitrogens is 6. The number of rotatable bonds is 6. The summed E-state index contributed by atoms with van der Waals surface area (Å²) in [5.41, 5.74) is 3.95. The molecule has 0 spiro atoms. The SMILES string of the molecule is Fc1cc(-c2ccnc(Nc3ccc(-n4cnc(-c5cc(F)ccn5)n4)cc3)n2)cc(N2CCOCC2)c1. The third kappa shape index (κ3) is 5.18. The van der Waals surface area contributed by atoms with Crippen molar-refractivity contribution in [1.82, 2.24) is 29.7 Å². The summed E-state index contributed by atoms with van der Waals surface area (Å²) in [6.07, 6.45) is 4.55. The molecule has 1 fully saturated rings. The van der Waals surface area contributed by atoms with E-state index < -0.39 is 5.82 Å². The molecule has 11 heteroatoms. The van der Waals surface area contributed by atoms with Crippen molar-refractivity contribution in [3.05, 3.63) is 91.0 Å². The second-order valence-electron chi connectivity index (χ2n) is 8.61. The fraction of sp³-hybridized carbons (Fsp3) is 0.148. The standard InChI is InChI=1S/C27H22F2N8O/c28-19-5-7-30-25(16-19)26-32-17-37(35-26)22-3-1-21(2-4-22)33-27-31-8-6-24(34-27)18-13-20(29)15-23(14-18)36-9-11-38-12-10-36/h1-8,13-17H,9-12H2,(H,31,33,34). The molecule has 1 N–H and O–H groups in total. The molecule has 0 aliphatic carbocycles. The number of nitrogens with one attached hydrogen (secondary N) is 1. The van der Waals surface area contributed by atoms with Crippen LogP contribution in [0.2, 0.25) is 0 Å². The number of hydrogen-bond acceptors (Lipinski definition) is 8. The summed E-state index contributed by atoms with van der Waals surface area (Å²) in [6.45, 7) is 2.67. The molecule has 38 heavy (non-hydrogen) atoms. The van der Waals surface area contributed by atoms with Crippen molar-refractivity contribution in [2.45, 2.75) is 0 Å². The van der Waals surface area contributed by atoms with Gasteiger partial charge in [-0.3, -0.25) is 4.98 Å². The summed E-state index contributed by atoms with van der Waals surface area (Å²) < 4.78 is 34.9. The average Bonchev–Trinajstić information content (AvgIpc) is 3.44. The number of pyridine rings is 1. The van der Waals surface area contributed by atoms with Crippen LogP contribution in [0, 0.1) is 11.6 Å². The Hall–Kier alpha value is -4.77. The van der Waals surface area contributed by atoms with E-state index in [1.165, 1.54) is 30.5 Å². The van der Waals surface area contributed by atoms with E-state index in [9.17, 15) is 8.78 Å². The van der Waals surface area contributed by atoms with Gasteiger partial charge in [-0.15, -0.1) is 5.10 Å². The molecule has 2 aromatic carbocycles. The van der Waals surface area contributed by atoms with Gasteiger partial charge in [-0.25, -0.2) is 28.4 Å². The van der Waals surface area contributed by atoms with Crippen molar-refractivity contribution >= 4 is 17.3 Å². The number of ether oxygens (including phenoxy) is 1. The molecule has 0 saturated carbocycles. The summed E-state index contributed by atoms with van der Waals surface area (Å²) in [5.74, 6) is -0.0149. The second kappa shape index (κ2) is 10.3. The predicted molar refractivity (Wildman–Crippen MR) is 138 cm³/mol. The van der Waals surface area contributed by atoms with E-state index in [0.29, 0.717) is 55.0 Å². The Morgan fingerprint density at radius 3 is 2.39 bits per heavy atom.